The van der Waals surface area contributed by atoms with Crippen LogP contribution in [0.3, 0.4) is 0 Å². The second-order valence-electron chi connectivity index (χ2n) is 8.45. The molecule has 1 aliphatic carbocycles. The lowest BCUT2D eigenvalue weighted by Crippen LogP contribution is -2.37. The fraction of sp³-hybridized carbons (Fsp3) is 0.458. The van der Waals surface area contributed by atoms with Gasteiger partial charge in [-0.1, -0.05) is 35.9 Å². The molecule has 1 N–H and O–H groups in total. The van der Waals surface area contributed by atoms with Crippen LogP contribution in [0.2, 0.25) is 5.02 Å². The van der Waals surface area contributed by atoms with Gasteiger partial charge in [-0.05, 0) is 68.0 Å². The molecule has 1 heterocycles. The zero-order valence-electron chi connectivity index (χ0n) is 17.3. The lowest BCUT2D eigenvalue weighted by molar-refractivity contribution is -0.123. The normalized spacial score (nSPS) is 20.2. The zero-order valence-corrected chi connectivity index (χ0v) is 18.1. The van der Waals surface area contributed by atoms with Crippen LogP contribution >= 0.6 is 11.6 Å². The van der Waals surface area contributed by atoms with Crippen molar-refractivity contribution in [3.63, 3.8) is 0 Å². The molecule has 2 aromatic carbocycles. The molecule has 0 unspecified atom stereocenters. The van der Waals surface area contributed by atoms with Crippen LogP contribution < -0.4 is 10.1 Å². The van der Waals surface area contributed by atoms with Crippen molar-refractivity contribution in [3.05, 3.63) is 64.4 Å². The number of methoxy groups -OCH3 is 1. The van der Waals surface area contributed by atoms with E-state index >= 15 is 0 Å². The second kappa shape index (κ2) is 8.94. The van der Waals surface area contributed by atoms with E-state index in [-0.39, 0.29) is 23.1 Å². The molecule has 30 heavy (non-hydrogen) atoms. The van der Waals surface area contributed by atoms with Crippen LogP contribution in [0, 0.1) is 17.2 Å². The molecule has 0 radical (unpaired) electrons. The number of nitrogens with zero attached hydrogens (tertiary/aromatic N) is 1. The molecule has 0 aromatic heterocycles. The summed E-state index contributed by atoms with van der Waals surface area (Å²) in [5.41, 5.74) is 1.80. The summed E-state index contributed by atoms with van der Waals surface area (Å²) in [6.07, 6.45) is 3.67. The van der Waals surface area contributed by atoms with E-state index < -0.39 is 0 Å². The highest BCUT2D eigenvalue weighted by molar-refractivity contribution is 6.31. The third-order valence-corrected chi connectivity index (χ3v) is 7.04. The molecule has 1 saturated heterocycles. The molecule has 1 amide bonds. The number of hydrogen-bond donors (Lipinski definition) is 1. The van der Waals surface area contributed by atoms with Crippen molar-refractivity contribution in [3.8, 4) is 5.75 Å². The molecule has 6 heteroatoms. The van der Waals surface area contributed by atoms with Crippen LogP contribution in [-0.2, 0) is 17.8 Å². The van der Waals surface area contributed by atoms with Gasteiger partial charge in [0.1, 0.15) is 11.6 Å². The summed E-state index contributed by atoms with van der Waals surface area (Å²) in [7, 11) is 1.66. The van der Waals surface area contributed by atoms with Crippen LogP contribution in [0.4, 0.5) is 4.39 Å². The van der Waals surface area contributed by atoms with Crippen molar-refractivity contribution in [2.75, 3.05) is 26.7 Å². The number of benzene rings is 2. The van der Waals surface area contributed by atoms with E-state index in [0.717, 1.165) is 50.1 Å². The third kappa shape index (κ3) is 4.47. The van der Waals surface area contributed by atoms with Gasteiger partial charge in [-0.3, -0.25) is 9.69 Å². The maximum atomic E-state index is 14.1. The first-order chi connectivity index (χ1) is 14.5. The highest BCUT2D eigenvalue weighted by Crippen LogP contribution is 2.59. The smallest absolute Gasteiger partial charge is 0.223 e. The Hall–Kier alpha value is -2.11. The van der Waals surface area contributed by atoms with Crippen molar-refractivity contribution < 1.29 is 13.9 Å². The number of likely N-dealkylation sites (tertiary alicyclic amines) is 1. The second-order valence-corrected chi connectivity index (χ2v) is 8.86. The van der Waals surface area contributed by atoms with Gasteiger partial charge in [-0.25, -0.2) is 4.39 Å². The molecule has 2 aromatic rings. The molecule has 1 aliphatic heterocycles. The number of carbonyl (C=O) groups excluding carboxylic acids is 1. The Balaban J connectivity index is 1.24. The van der Waals surface area contributed by atoms with Crippen LogP contribution in [0.1, 0.15) is 30.4 Å². The number of para-hydroxylation sites is 1. The number of piperidine rings is 1. The highest BCUT2D eigenvalue weighted by Gasteiger charge is 2.58. The molecule has 0 bridgehead atoms. The summed E-state index contributed by atoms with van der Waals surface area (Å²) in [6, 6.07) is 12.7. The van der Waals surface area contributed by atoms with Gasteiger partial charge in [-0.15, -0.1) is 0 Å². The van der Waals surface area contributed by atoms with E-state index in [1.165, 1.54) is 6.07 Å². The van der Waals surface area contributed by atoms with Crippen molar-refractivity contribution >= 4 is 17.5 Å². The summed E-state index contributed by atoms with van der Waals surface area (Å²) in [6.45, 7) is 2.88. The molecule has 2 fully saturated rings. The van der Waals surface area contributed by atoms with Crippen LogP contribution in [-0.4, -0.2) is 37.6 Å². The van der Waals surface area contributed by atoms with Gasteiger partial charge in [0.25, 0.3) is 0 Å². The Morgan fingerprint density at radius 3 is 2.73 bits per heavy atom. The molecule has 160 valence electrons. The topological polar surface area (TPSA) is 41.6 Å². The largest absolute Gasteiger partial charge is 0.496 e. The Labute approximate surface area is 182 Å². The minimum absolute atomic E-state index is 0.106. The number of ether oxygens (including phenoxy) is 1. The third-order valence-electron chi connectivity index (χ3n) is 6.69. The molecule has 2 aliphatic rings. The standard InChI is InChI=1S/C24H28ClFN2O2/c1-30-22-8-3-2-5-17(22)9-12-27-23(29)19-15-24(19)10-13-28(14-11-24)16-18-20(25)6-4-7-21(18)26/h2-8,19H,9-16H2,1H3,(H,27,29)/t19-/m1/s1. The van der Waals surface area contributed by atoms with E-state index in [2.05, 4.69) is 10.2 Å². The van der Waals surface area contributed by atoms with Crippen LogP contribution in [0.25, 0.3) is 0 Å². The predicted molar refractivity (Wildman–Crippen MR) is 116 cm³/mol. The monoisotopic (exact) mass is 430 g/mol. The van der Waals surface area contributed by atoms with Gasteiger partial charge in [0, 0.05) is 29.6 Å². The van der Waals surface area contributed by atoms with Gasteiger partial charge in [0.15, 0.2) is 0 Å². The van der Waals surface area contributed by atoms with Gasteiger partial charge >= 0.3 is 0 Å². The first-order valence-corrected chi connectivity index (χ1v) is 10.9. The van der Waals surface area contributed by atoms with E-state index in [1.54, 1.807) is 19.2 Å². The van der Waals surface area contributed by atoms with Crippen LogP contribution in [0.5, 0.6) is 5.75 Å². The molecular weight excluding hydrogens is 403 g/mol. The maximum absolute atomic E-state index is 14.1. The molecule has 4 rings (SSSR count). The molecule has 1 spiro atoms. The Morgan fingerprint density at radius 2 is 2.00 bits per heavy atom. The average Bonchev–Trinajstić information content (AvgIpc) is 3.46. The number of nitrogens with one attached hydrogen (secondary N) is 1. The van der Waals surface area contributed by atoms with Crippen molar-refractivity contribution in [2.45, 2.75) is 32.2 Å². The fourth-order valence-corrected chi connectivity index (χ4v) is 4.91. The minimum atomic E-state index is -0.249. The summed E-state index contributed by atoms with van der Waals surface area (Å²) in [5, 5.41) is 3.59. The quantitative estimate of drug-likeness (QED) is 0.705. The van der Waals surface area contributed by atoms with E-state index in [4.69, 9.17) is 16.3 Å². The number of carbonyl (C=O) groups is 1. The summed E-state index contributed by atoms with van der Waals surface area (Å²) in [5.74, 6) is 0.878. The number of amides is 1. The van der Waals surface area contributed by atoms with Crippen LogP contribution in [0.15, 0.2) is 42.5 Å². The average molecular weight is 431 g/mol. The zero-order chi connectivity index (χ0) is 21.1. The van der Waals surface area contributed by atoms with Crippen molar-refractivity contribution in [1.29, 1.82) is 0 Å². The number of hydrogen-bond acceptors (Lipinski definition) is 3. The SMILES string of the molecule is COc1ccccc1CCNC(=O)[C@H]1CC12CCN(Cc1c(F)cccc1Cl)CC2. The molecule has 1 atom stereocenters. The van der Waals surface area contributed by atoms with E-state index in [0.29, 0.717) is 23.7 Å². The van der Waals surface area contributed by atoms with Gasteiger partial charge in [-0.2, -0.15) is 0 Å². The van der Waals surface area contributed by atoms with Gasteiger partial charge < -0.3 is 10.1 Å². The number of halogens is 2. The molecular formula is C24H28ClFN2O2. The van der Waals surface area contributed by atoms with Crippen molar-refractivity contribution in [2.24, 2.45) is 11.3 Å². The summed E-state index contributed by atoms with van der Waals surface area (Å²) in [4.78, 5) is 14.9. The maximum Gasteiger partial charge on any atom is 0.223 e. The highest BCUT2D eigenvalue weighted by atomic mass is 35.5. The molecule has 4 nitrogen and oxygen atoms in total. The van der Waals surface area contributed by atoms with E-state index in [9.17, 15) is 9.18 Å². The minimum Gasteiger partial charge on any atom is -0.496 e. The predicted octanol–water partition coefficient (Wildman–Crippen LogP) is 4.45. The Bertz CT molecular complexity index is 892. The van der Waals surface area contributed by atoms with Crippen molar-refractivity contribution in [1.82, 2.24) is 10.2 Å². The first-order valence-electron chi connectivity index (χ1n) is 10.6. The summed E-state index contributed by atoms with van der Waals surface area (Å²) < 4.78 is 19.4. The Kier molecular flexibility index (Phi) is 6.30. The van der Waals surface area contributed by atoms with Gasteiger partial charge in [0.2, 0.25) is 5.91 Å². The lowest BCUT2D eigenvalue weighted by atomic mass is 9.90. The fourth-order valence-electron chi connectivity index (χ4n) is 4.69. The Morgan fingerprint density at radius 1 is 1.23 bits per heavy atom. The molecule has 1 saturated carbocycles. The first kappa shape index (κ1) is 21.1. The van der Waals surface area contributed by atoms with E-state index in [1.807, 2.05) is 24.3 Å². The lowest BCUT2D eigenvalue weighted by Gasteiger charge is -2.33. The van der Waals surface area contributed by atoms with Gasteiger partial charge in [0.05, 0.1) is 7.11 Å². The number of rotatable bonds is 7. The summed E-state index contributed by atoms with van der Waals surface area (Å²) >= 11 is 6.17.